The van der Waals surface area contributed by atoms with Crippen molar-refractivity contribution in [2.24, 2.45) is 0 Å². The summed E-state index contributed by atoms with van der Waals surface area (Å²) in [5.74, 6) is -2.72. The molecule has 17 heteroatoms. The van der Waals surface area contributed by atoms with Crippen molar-refractivity contribution in [3.05, 3.63) is 114 Å². The average Bonchev–Trinajstić information content (AvgIpc) is 3.73. The molecule has 2 aliphatic heterocycles. The number of piperidine rings is 1. The number of carbonyl (C=O) groups is 3. The zero-order valence-corrected chi connectivity index (χ0v) is 31.6. The largest absolute Gasteiger partial charge is 0.329 e. The van der Waals surface area contributed by atoms with Gasteiger partial charge in [-0.15, -0.1) is 0 Å². The summed E-state index contributed by atoms with van der Waals surface area (Å²) in [5.41, 5.74) is 4.75. The van der Waals surface area contributed by atoms with Gasteiger partial charge < -0.3 is 14.4 Å². The lowest BCUT2D eigenvalue weighted by Gasteiger charge is -2.29. The summed E-state index contributed by atoms with van der Waals surface area (Å²) >= 11 is 0. The molecule has 2 aliphatic rings. The minimum Gasteiger partial charge on any atom is -0.329 e. The molecule has 0 saturated carbocycles. The first kappa shape index (κ1) is 37.4. The number of benzene rings is 3. The minimum absolute atomic E-state index is 0.190. The highest BCUT2D eigenvalue weighted by atomic mass is 32.2. The van der Waals surface area contributed by atoms with Crippen LogP contribution in [0.1, 0.15) is 42.1 Å². The number of nitrogens with one attached hydrogen (secondary N) is 2. The number of halogens is 2. The predicted molar refractivity (Wildman–Crippen MR) is 212 cm³/mol. The van der Waals surface area contributed by atoms with Crippen molar-refractivity contribution in [1.29, 1.82) is 0 Å². The Labute approximate surface area is 327 Å². The fourth-order valence-corrected chi connectivity index (χ4v) is 8.36. The smallest absolute Gasteiger partial charge is 0.255 e. The van der Waals surface area contributed by atoms with Crippen molar-refractivity contribution in [2.45, 2.75) is 38.8 Å². The number of amides is 3. The van der Waals surface area contributed by atoms with Gasteiger partial charge in [0.25, 0.3) is 5.91 Å². The van der Waals surface area contributed by atoms with E-state index in [4.69, 9.17) is 4.98 Å². The van der Waals surface area contributed by atoms with Crippen molar-refractivity contribution in [2.75, 3.05) is 22.4 Å². The average molecular weight is 788 g/mol. The Morgan fingerprint density at radius 2 is 1.72 bits per heavy atom. The Morgan fingerprint density at radius 1 is 0.965 bits per heavy atom. The molecule has 6 aromatic rings. The van der Waals surface area contributed by atoms with Gasteiger partial charge in [-0.1, -0.05) is 48.2 Å². The van der Waals surface area contributed by atoms with E-state index in [-0.39, 0.29) is 29.7 Å². The maximum atomic E-state index is 16.0. The summed E-state index contributed by atoms with van der Waals surface area (Å²) in [6.07, 6.45) is 6.81. The number of sulfonamides is 1. The third kappa shape index (κ3) is 7.21. The fraction of sp³-hybridized carbons (Fsp3) is 0.200. The van der Waals surface area contributed by atoms with Gasteiger partial charge in [0.05, 0.1) is 22.5 Å². The lowest BCUT2D eigenvalue weighted by molar-refractivity contribution is -0.136. The van der Waals surface area contributed by atoms with Crippen LogP contribution in [0.4, 0.5) is 26.0 Å². The fourth-order valence-electron chi connectivity index (χ4n) is 7.22. The second-order valence-corrected chi connectivity index (χ2v) is 15.7. The van der Waals surface area contributed by atoms with E-state index < -0.39 is 39.3 Å². The summed E-state index contributed by atoms with van der Waals surface area (Å²) in [4.78, 5) is 53.9. The van der Waals surface area contributed by atoms with Crippen LogP contribution in [0.2, 0.25) is 0 Å². The van der Waals surface area contributed by atoms with E-state index in [1.165, 1.54) is 22.0 Å². The van der Waals surface area contributed by atoms with E-state index in [1.54, 1.807) is 31.5 Å². The zero-order chi connectivity index (χ0) is 40.0. The molecule has 1 fully saturated rings. The van der Waals surface area contributed by atoms with Gasteiger partial charge in [0.2, 0.25) is 21.8 Å². The van der Waals surface area contributed by atoms with Crippen LogP contribution in [-0.2, 0) is 26.2 Å². The predicted octanol–water partition coefficient (Wildman–Crippen LogP) is 4.10. The third-order valence-electron chi connectivity index (χ3n) is 10.1. The maximum absolute atomic E-state index is 16.0. The molecule has 1 saturated heterocycles. The zero-order valence-electron chi connectivity index (χ0n) is 30.7. The first-order valence-electron chi connectivity index (χ1n) is 18.1. The number of rotatable bonds is 11. The van der Waals surface area contributed by atoms with E-state index in [2.05, 4.69) is 20.0 Å². The van der Waals surface area contributed by atoms with Gasteiger partial charge in [-0.3, -0.25) is 24.4 Å². The summed E-state index contributed by atoms with van der Waals surface area (Å²) in [5, 5.41) is 2.33. The highest BCUT2D eigenvalue weighted by Gasteiger charge is 2.39. The molecule has 0 spiro atoms. The van der Waals surface area contributed by atoms with Crippen molar-refractivity contribution in [3.63, 3.8) is 0 Å². The number of imide groups is 1. The van der Waals surface area contributed by atoms with Crippen LogP contribution in [0.25, 0.3) is 27.8 Å². The molecule has 287 valence electrons. The number of anilines is 3. The number of pyridine rings is 1. The Hall–Kier alpha value is -6.49. The maximum Gasteiger partial charge on any atom is 0.255 e. The number of fused-ring (bicyclic) bond motifs is 2. The Morgan fingerprint density at radius 3 is 2.46 bits per heavy atom. The van der Waals surface area contributed by atoms with E-state index in [0.717, 1.165) is 34.3 Å². The second kappa shape index (κ2) is 14.9. The normalized spacial score (nSPS) is 15.5. The van der Waals surface area contributed by atoms with Gasteiger partial charge in [-0.05, 0) is 54.8 Å². The van der Waals surface area contributed by atoms with Crippen molar-refractivity contribution in [1.82, 2.24) is 29.7 Å². The third-order valence-corrected chi connectivity index (χ3v) is 11.5. The van der Waals surface area contributed by atoms with Crippen molar-refractivity contribution in [3.8, 4) is 16.8 Å². The minimum atomic E-state index is -3.86. The van der Waals surface area contributed by atoms with Crippen LogP contribution < -0.4 is 25.9 Å². The second-order valence-electron chi connectivity index (χ2n) is 13.9. The molecule has 2 N–H and O–H groups in total. The molecule has 8 rings (SSSR count). The molecule has 13 nitrogen and oxygen atoms in total. The number of carbonyl (C=O) groups excluding carboxylic acids is 3. The molecule has 3 aromatic carbocycles. The monoisotopic (exact) mass is 787 g/mol. The van der Waals surface area contributed by atoms with Crippen molar-refractivity contribution < 1.29 is 31.6 Å². The van der Waals surface area contributed by atoms with Gasteiger partial charge in [0, 0.05) is 61.0 Å². The van der Waals surface area contributed by atoms with E-state index >= 15 is 8.78 Å². The van der Waals surface area contributed by atoms with Crippen LogP contribution >= 0.6 is 0 Å². The molecule has 3 amide bonds. The van der Waals surface area contributed by atoms with Gasteiger partial charge in [0.15, 0.2) is 13.1 Å². The molecular formula is C40H34BF2N8O5S. The number of hydrogen-bond acceptors (Lipinski definition) is 9. The topological polar surface area (TPSA) is 159 Å². The molecule has 3 aromatic heterocycles. The molecular weight excluding hydrogens is 753 g/mol. The summed E-state index contributed by atoms with van der Waals surface area (Å²) in [6, 6.07) is 18.1. The Bertz CT molecular complexity index is 2700. The molecule has 57 heavy (non-hydrogen) atoms. The van der Waals surface area contributed by atoms with Gasteiger partial charge in [-0.2, -0.15) is 0 Å². The van der Waals surface area contributed by atoms with E-state index in [0.29, 0.717) is 52.9 Å². The highest BCUT2D eigenvalue weighted by molar-refractivity contribution is 7.92. The Balaban J connectivity index is 1.06. The van der Waals surface area contributed by atoms with Crippen LogP contribution in [0.5, 0.6) is 0 Å². The lowest BCUT2D eigenvalue weighted by atomic mass is 9.63. The first-order valence-corrected chi connectivity index (χ1v) is 19.8. The standard InChI is InChI=1S/C40H34BF2N8O5S/c1-3-16-57(55,56)48-31-11-10-30(42)38(36(31)43)50-21-29(24-18-44-22-45-19-24)37-32(50)12-14-34(46-37)49(2)27-8-6-25(7-9-27)41-26-5-4-23-20-51(40(54)28(23)17-26)33-13-15-35(52)47-39(33)53/h4-12,14,17-19,21-22,33,48H,3,13,15-16,20H2,1-2H3,(H,47,52,53). The lowest BCUT2D eigenvalue weighted by Crippen LogP contribution is -2.52. The summed E-state index contributed by atoms with van der Waals surface area (Å²) in [6.45, 7) is 1.99. The number of hydrogen-bond donors (Lipinski definition) is 2. The first-order chi connectivity index (χ1) is 27.4. The SMILES string of the molecule is CCCS(=O)(=O)Nc1ccc(F)c(-n2cc(-c3cncnc3)c3nc(N(C)c4ccc([B]c5ccc6c(c5)C(=O)N(C5CCC(=O)NC5=O)C6)cc4)ccc32)c1F. The molecule has 1 radical (unpaired) electrons. The summed E-state index contributed by atoms with van der Waals surface area (Å²) < 4.78 is 60.0. The molecule has 0 bridgehead atoms. The quantitative estimate of drug-likeness (QED) is 0.146. The van der Waals surface area contributed by atoms with Gasteiger partial charge in [-0.25, -0.2) is 32.2 Å². The van der Waals surface area contributed by atoms with Crippen molar-refractivity contribution >= 4 is 74.2 Å². The molecule has 1 unspecified atom stereocenters. The van der Waals surface area contributed by atoms with E-state index in [1.807, 2.05) is 61.7 Å². The number of nitrogens with zero attached hydrogens (tertiary/aromatic N) is 6. The molecule has 1 atom stereocenters. The van der Waals surface area contributed by atoms with Crippen LogP contribution in [0, 0.1) is 11.6 Å². The van der Waals surface area contributed by atoms with Crippen LogP contribution in [0.3, 0.4) is 0 Å². The van der Waals surface area contributed by atoms with E-state index in [9.17, 15) is 22.8 Å². The Kier molecular flexibility index (Phi) is 9.77. The number of aromatic nitrogens is 4. The van der Waals surface area contributed by atoms with Crippen LogP contribution in [-0.4, -0.2) is 76.7 Å². The summed E-state index contributed by atoms with van der Waals surface area (Å²) in [7, 11) is -0.0894. The van der Waals surface area contributed by atoms with Crippen LogP contribution in [0.15, 0.2) is 91.6 Å². The van der Waals surface area contributed by atoms with Gasteiger partial charge >= 0.3 is 0 Å². The van der Waals surface area contributed by atoms with Gasteiger partial charge in [0.1, 0.15) is 29.7 Å². The molecule has 0 aliphatic carbocycles. The molecule has 5 heterocycles. The highest BCUT2D eigenvalue weighted by Crippen LogP contribution is 2.36.